The van der Waals surface area contributed by atoms with Crippen molar-refractivity contribution in [2.45, 2.75) is 38.5 Å². The molecule has 1 unspecified atom stereocenters. The summed E-state index contributed by atoms with van der Waals surface area (Å²) in [6.07, 6.45) is 8.27. The van der Waals surface area contributed by atoms with Crippen LogP contribution in [0.2, 0.25) is 0 Å². The molecule has 0 spiro atoms. The minimum atomic E-state index is 0.801. The Balaban J connectivity index is 1.83. The molecule has 1 aliphatic heterocycles. The maximum absolute atomic E-state index is 5.18. The molecule has 2 nitrogen and oxygen atoms in total. The Hall–Kier alpha value is -0.530. The van der Waals surface area contributed by atoms with E-state index in [1.54, 1.807) is 7.11 Å². The van der Waals surface area contributed by atoms with Crippen LogP contribution in [0, 0.1) is 11.8 Å². The molecule has 1 aliphatic carbocycles. The minimum Gasteiger partial charge on any atom is -0.484 e. The SMILES string of the molecule is COC1=NCC(C2CCCCC2)C1. The van der Waals surface area contributed by atoms with Crippen LogP contribution in [0.15, 0.2) is 4.99 Å². The second-order valence-electron chi connectivity index (χ2n) is 4.30. The molecule has 2 aliphatic rings. The molecular formula is C11H19NO. The summed E-state index contributed by atoms with van der Waals surface area (Å²) >= 11 is 0. The third-order valence-corrected chi connectivity index (χ3v) is 3.49. The Bertz CT molecular complexity index is 194. The fourth-order valence-corrected chi connectivity index (χ4v) is 2.64. The smallest absolute Gasteiger partial charge is 0.183 e. The van der Waals surface area contributed by atoms with Crippen molar-refractivity contribution in [1.29, 1.82) is 0 Å². The van der Waals surface area contributed by atoms with Gasteiger partial charge in [0.1, 0.15) is 0 Å². The molecule has 0 aromatic heterocycles. The van der Waals surface area contributed by atoms with E-state index in [1.807, 2.05) is 0 Å². The van der Waals surface area contributed by atoms with Crippen LogP contribution in [0.25, 0.3) is 0 Å². The largest absolute Gasteiger partial charge is 0.484 e. The number of nitrogens with zero attached hydrogens (tertiary/aromatic N) is 1. The highest BCUT2D eigenvalue weighted by atomic mass is 16.5. The van der Waals surface area contributed by atoms with Crippen molar-refractivity contribution in [3.8, 4) is 0 Å². The third kappa shape index (κ3) is 2.04. The van der Waals surface area contributed by atoms with Gasteiger partial charge in [0, 0.05) is 13.0 Å². The fraction of sp³-hybridized carbons (Fsp3) is 0.909. The molecule has 0 amide bonds. The van der Waals surface area contributed by atoms with E-state index in [1.165, 1.54) is 32.1 Å². The lowest BCUT2D eigenvalue weighted by Gasteiger charge is -2.26. The highest BCUT2D eigenvalue weighted by molar-refractivity contribution is 5.77. The first-order valence-corrected chi connectivity index (χ1v) is 5.47. The highest BCUT2D eigenvalue weighted by Crippen LogP contribution is 2.34. The maximum atomic E-state index is 5.18. The van der Waals surface area contributed by atoms with Crippen LogP contribution >= 0.6 is 0 Å². The van der Waals surface area contributed by atoms with Gasteiger partial charge in [0.2, 0.25) is 0 Å². The van der Waals surface area contributed by atoms with Crippen LogP contribution in [0.5, 0.6) is 0 Å². The minimum absolute atomic E-state index is 0.801. The van der Waals surface area contributed by atoms with E-state index in [4.69, 9.17) is 4.74 Å². The summed E-state index contributed by atoms with van der Waals surface area (Å²) in [5, 5.41) is 0. The summed E-state index contributed by atoms with van der Waals surface area (Å²) in [4.78, 5) is 4.41. The predicted molar refractivity (Wildman–Crippen MR) is 54.0 cm³/mol. The first-order chi connectivity index (χ1) is 6.40. The lowest BCUT2D eigenvalue weighted by atomic mass is 9.79. The second kappa shape index (κ2) is 4.12. The van der Waals surface area contributed by atoms with E-state index < -0.39 is 0 Å². The van der Waals surface area contributed by atoms with Crippen LogP contribution in [-0.4, -0.2) is 19.6 Å². The van der Waals surface area contributed by atoms with E-state index >= 15 is 0 Å². The van der Waals surface area contributed by atoms with Gasteiger partial charge in [-0.3, -0.25) is 4.99 Å². The van der Waals surface area contributed by atoms with Crippen LogP contribution in [0.3, 0.4) is 0 Å². The molecule has 0 N–H and O–H groups in total. The van der Waals surface area contributed by atoms with Crippen molar-refractivity contribution in [2.24, 2.45) is 16.8 Å². The number of hydrogen-bond acceptors (Lipinski definition) is 2. The third-order valence-electron chi connectivity index (χ3n) is 3.49. The van der Waals surface area contributed by atoms with Crippen molar-refractivity contribution in [3.05, 3.63) is 0 Å². The highest BCUT2D eigenvalue weighted by Gasteiger charge is 2.28. The molecule has 2 rings (SSSR count). The van der Waals surface area contributed by atoms with Crippen LogP contribution in [0.1, 0.15) is 38.5 Å². The number of hydrogen-bond donors (Lipinski definition) is 0. The monoisotopic (exact) mass is 181 g/mol. The molecule has 13 heavy (non-hydrogen) atoms. The summed E-state index contributed by atoms with van der Waals surface area (Å²) in [7, 11) is 1.74. The summed E-state index contributed by atoms with van der Waals surface area (Å²) < 4.78 is 5.18. The molecule has 74 valence electrons. The average molecular weight is 181 g/mol. The molecule has 0 radical (unpaired) electrons. The zero-order valence-corrected chi connectivity index (χ0v) is 8.46. The number of aliphatic imine (C=N–C) groups is 1. The second-order valence-corrected chi connectivity index (χ2v) is 4.30. The van der Waals surface area contributed by atoms with Gasteiger partial charge >= 0.3 is 0 Å². The summed E-state index contributed by atoms with van der Waals surface area (Å²) in [6, 6.07) is 0. The first-order valence-electron chi connectivity index (χ1n) is 5.47. The first kappa shape index (κ1) is 9.04. The van der Waals surface area contributed by atoms with E-state index in [-0.39, 0.29) is 0 Å². The van der Waals surface area contributed by atoms with Gasteiger partial charge in [-0.2, -0.15) is 0 Å². The van der Waals surface area contributed by atoms with Crippen LogP contribution in [-0.2, 0) is 4.74 Å². The van der Waals surface area contributed by atoms with Crippen molar-refractivity contribution >= 4 is 5.90 Å². The number of methoxy groups -OCH3 is 1. The van der Waals surface area contributed by atoms with E-state index in [0.29, 0.717) is 0 Å². The fourth-order valence-electron chi connectivity index (χ4n) is 2.64. The van der Waals surface area contributed by atoms with Crippen LogP contribution < -0.4 is 0 Å². The molecule has 2 heteroatoms. The molecule has 0 saturated heterocycles. The molecular weight excluding hydrogens is 162 g/mol. The predicted octanol–water partition coefficient (Wildman–Crippen LogP) is 2.63. The van der Waals surface area contributed by atoms with Crippen molar-refractivity contribution < 1.29 is 4.74 Å². The lowest BCUT2D eigenvalue weighted by Crippen LogP contribution is -2.19. The molecule has 0 aromatic rings. The van der Waals surface area contributed by atoms with Crippen molar-refractivity contribution in [3.63, 3.8) is 0 Å². The Morgan fingerprint density at radius 3 is 2.54 bits per heavy atom. The Morgan fingerprint density at radius 2 is 1.92 bits per heavy atom. The van der Waals surface area contributed by atoms with Crippen molar-refractivity contribution in [1.82, 2.24) is 0 Å². The van der Waals surface area contributed by atoms with Crippen LogP contribution in [0.4, 0.5) is 0 Å². The Labute approximate surface area is 80.4 Å². The van der Waals surface area contributed by atoms with Gasteiger partial charge in [0.15, 0.2) is 5.90 Å². The molecule has 0 aromatic carbocycles. The zero-order chi connectivity index (χ0) is 9.10. The van der Waals surface area contributed by atoms with E-state index in [2.05, 4.69) is 4.99 Å². The number of rotatable bonds is 1. The average Bonchev–Trinajstić information content (AvgIpc) is 2.67. The Kier molecular flexibility index (Phi) is 2.87. The standard InChI is InChI=1S/C11H19NO/c1-13-11-7-10(8-12-11)9-5-3-2-4-6-9/h9-10H,2-8H2,1H3. The normalized spacial score (nSPS) is 30.2. The maximum Gasteiger partial charge on any atom is 0.183 e. The molecule has 1 saturated carbocycles. The lowest BCUT2D eigenvalue weighted by molar-refractivity contribution is 0.261. The van der Waals surface area contributed by atoms with Gasteiger partial charge in [-0.25, -0.2) is 0 Å². The number of ether oxygens (including phenoxy) is 1. The summed E-state index contributed by atoms with van der Waals surface area (Å²) in [5.41, 5.74) is 0. The topological polar surface area (TPSA) is 21.6 Å². The van der Waals surface area contributed by atoms with Gasteiger partial charge in [0.05, 0.1) is 7.11 Å². The Morgan fingerprint density at radius 1 is 1.15 bits per heavy atom. The molecule has 1 fully saturated rings. The van der Waals surface area contributed by atoms with E-state index in [0.717, 1.165) is 30.7 Å². The zero-order valence-electron chi connectivity index (χ0n) is 8.46. The van der Waals surface area contributed by atoms with Gasteiger partial charge < -0.3 is 4.74 Å². The van der Waals surface area contributed by atoms with Gasteiger partial charge in [-0.1, -0.05) is 32.1 Å². The molecule has 1 atom stereocenters. The van der Waals surface area contributed by atoms with Gasteiger partial charge in [-0.15, -0.1) is 0 Å². The summed E-state index contributed by atoms with van der Waals surface area (Å²) in [6.45, 7) is 1.02. The summed E-state index contributed by atoms with van der Waals surface area (Å²) in [5.74, 6) is 2.72. The van der Waals surface area contributed by atoms with Gasteiger partial charge in [-0.05, 0) is 11.8 Å². The van der Waals surface area contributed by atoms with E-state index in [9.17, 15) is 0 Å². The molecule has 0 bridgehead atoms. The van der Waals surface area contributed by atoms with Gasteiger partial charge in [0.25, 0.3) is 0 Å². The molecule has 1 heterocycles. The van der Waals surface area contributed by atoms with Crippen molar-refractivity contribution in [2.75, 3.05) is 13.7 Å². The quantitative estimate of drug-likeness (QED) is 0.609.